The molecule has 0 spiro atoms. The van der Waals surface area contributed by atoms with Crippen LogP contribution in [-0.2, 0) is 11.3 Å². The molecule has 1 saturated carbocycles. The molecule has 1 aromatic heterocycles. The van der Waals surface area contributed by atoms with Gasteiger partial charge in [-0.15, -0.1) is 11.3 Å². The van der Waals surface area contributed by atoms with E-state index in [1.807, 2.05) is 0 Å². The van der Waals surface area contributed by atoms with E-state index in [0.29, 0.717) is 6.54 Å². The minimum atomic E-state index is -0.232. The fraction of sp³-hybridized carbons (Fsp3) is 0.667. The summed E-state index contributed by atoms with van der Waals surface area (Å²) in [5, 5.41) is 0. The lowest BCUT2D eigenvalue weighted by atomic mass is 9.87. The van der Waals surface area contributed by atoms with E-state index in [1.54, 1.807) is 11.3 Å². The molecule has 0 bridgehead atoms. The van der Waals surface area contributed by atoms with Gasteiger partial charge in [0.25, 0.3) is 0 Å². The summed E-state index contributed by atoms with van der Waals surface area (Å²) in [5.41, 5.74) is 5.37. The minimum Gasteiger partial charge on any atom is -0.369 e. The van der Waals surface area contributed by atoms with Crippen LogP contribution in [0.25, 0.3) is 0 Å². The van der Waals surface area contributed by atoms with E-state index in [1.165, 1.54) is 43.4 Å². The zero-order chi connectivity index (χ0) is 14.4. The summed E-state index contributed by atoms with van der Waals surface area (Å²) < 4.78 is 1.14. The largest absolute Gasteiger partial charge is 0.369 e. The maximum Gasteiger partial charge on any atom is 0.231 e. The molecule has 1 aliphatic carbocycles. The van der Waals surface area contributed by atoms with Crippen LogP contribution in [0, 0.1) is 5.92 Å². The number of primary amides is 1. The number of hydrogen-bond donors (Lipinski definition) is 1. The Balaban J connectivity index is 1.84. The van der Waals surface area contributed by atoms with Crippen molar-refractivity contribution in [2.75, 3.05) is 13.1 Å². The molecule has 1 heterocycles. The number of carbonyl (C=O) groups excluding carboxylic acids is 1. The molecular weight excluding hydrogens is 336 g/mol. The zero-order valence-electron chi connectivity index (χ0n) is 11.8. The van der Waals surface area contributed by atoms with Crippen LogP contribution in [-0.4, -0.2) is 23.9 Å². The van der Waals surface area contributed by atoms with E-state index in [-0.39, 0.29) is 5.91 Å². The van der Waals surface area contributed by atoms with Crippen molar-refractivity contribution < 1.29 is 4.79 Å². The van der Waals surface area contributed by atoms with E-state index < -0.39 is 0 Å². The van der Waals surface area contributed by atoms with Gasteiger partial charge >= 0.3 is 0 Å². The van der Waals surface area contributed by atoms with Crippen molar-refractivity contribution in [3.05, 3.63) is 20.8 Å². The quantitative estimate of drug-likeness (QED) is 0.806. The van der Waals surface area contributed by atoms with Gasteiger partial charge in [0.05, 0.1) is 10.3 Å². The Morgan fingerprint density at radius 2 is 2.10 bits per heavy atom. The fourth-order valence-corrected chi connectivity index (χ4v) is 4.46. The van der Waals surface area contributed by atoms with Crippen LogP contribution in [0.3, 0.4) is 0 Å². The monoisotopic (exact) mass is 358 g/mol. The standard InChI is InChI=1S/C15H23BrN2OS/c16-14-7-6-13(20-14)10-18(11-15(17)19)9-8-12-4-2-1-3-5-12/h6-7,12H,1-5,8-11H2,(H2,17,19). The topological polar surface area (TPSA) is 46.3 Å². The minimum absolute atomic E-state index is 0.232. The maximum atomic E-state index is 11.2. The molecule has 5 heteroatoms. The van der Waals surface area contributed by atoms with Crippen molar-refractivity contribution in [3.63, 3.8) is 0 Å². The normalized spacial score (nSPS) is 16.7. The van der Waals surface area contributed by atoms with Crippen molar-refractivity contribution >= 4 is 33.2 Å². The first kappa shape index (κ1) is 16.0. The summed E-state index contributed by atoms with van der Waals surface area (Å²) in [6.07, 6.45) is 8.05. The SMILES string of the molecule is NC(=O)CN(CCC1CCCCC1)Cc1ccc(Br)s1. The van der Waals surface area contributed by atoms with E-state index in [9.17, 15) is 4.79 Å². The first-order chi connectivity index (χ1) is 9.63. The van der Waals surface area contributed by atoms with Crippen LogP contribution in [0.5, 0.6) is 0 Å². The molecule has 3 nitrogen and oxygen atoms in total. The van der Waals surface area contributed by atoms with Crippen LogP contribution in [0.1, 0.15) is 43.4 Å². The van der Waals surface area contributed by atoms with Crippen LogP contribution in [0.4, 0.5) is 0 Å². The number of nitrogens with zero attached hydrogens (tertiary/aromatic N) is 1. The maximum absolute atomic E-state index is 11.2. The molecule has 0 aliphatic heterocycles. The molecule has 0 saturated heterocycles. The van der Waals surface area contributed by atoms with E-state index >= 15 is 0 Å². The van der Waals surface area contributed by atoms with Gasteiger partial charge in [-0.2, -0.15) is 0 Å². The number of amides is 1. The lowest BCUT2D eigenvalue weighted by molar-refractivity contribution is -0.119. The van der Waals surface area contributed by atoms with E-state index in [4.69, 9.17) is 5.73 Å². The molecule has 1 amide bonds. The molecule has 2 rings (SSSR count). The average Bonchev–Trinajstić information content (AvgIpc) is 2.82. The van der Waals surface area contributed by atoms with Crippen molar-refractivity contribution in [2.45, 2.75) is 45.1 Å². The Hall–Kier alpha value is -0.390. The van der Waals surface area contributed by atoms with Crippen LogP contribution < -0.4 is 5.73 Å². The summed E-state index contributed by atoms with van der Waals surface area (Å²) in [6, 6.07) is 4.17. The summed E-state index contributed by atoms with van der Waals surface area (Å²) in [7, 11) is 0. The van der Waals surface area contributed by atoms with Gasteiger partial charge in [-0.3, -0.25) is 9.69 Å². The third-order valence-corrected chi connectivity index (χ3v) is 5.57. The van der Waals surface area contributed by atoms with Gasteiger partial charge < -0.3 is 5.73 Å². The second kappa shape index (κ2) is 8.15. The molecule has 1 aromatic rings. The molecule has 2 N–H and O–H groups in total. The summed E-state index contributed by atoms with van der Waals surface area (Å²) in [5.74, 6) is 0.610. The van der Waals surface area contributed by atoms with E-state index in [2.05, 4.69) is 33.0 Å². The van der Waals surface area contributed by atoms with E-state index in [0.717, 1.165) is 22.8 Å². The number of hydrogen-bond acceptors (Lipinski definition) is 3. The number of nitrogens with two attached hydrogens (primary N) is 1. The Labute approximate surface area is 133 Å². The highest BCUT2D eigenvalue weighted by Crippen LogP contribution is 2.27. The van der Waals surface area contributed by atoms with Gasteiger partial charge in [0.2, 0.25) is 5.91 Å². The molecule has 20 heavy (non-hydrogen) atoms. The van der Waals surface area contributed by atoms with Gasteiger partial charge in [-0.1, -0.05) is 32.1 Å². The number of thiophene rings is 1. The van der Waals surface area contributed by atoms with Crippen LogP contribution in [0.2, 0.25) is 0 Å². The van der Waals surface area contributed by atoms with Crippen molar-refractivity contribution in [1.82, 2.24) is 4.90 Å². The van der Waals surface area contributed by atoms with Gasteiger partial charge in [-0.25, -0.2) is 0 Å². The Bertz CT molecular complexity index is 429. The van der Waals surface area contributed by atoms with Gasteiger partial charge in [0, 0.05) is 11.4 Å². The first-order valence-electron chi connectivity index (χ1n) is 7.38. The van der Waals surface area contributed by atoms with Gasteiger partial charge in [0.1, 0.15) is 0 Å². The molecule has 0 radical (unpaired) electrons. The molecule has 0 atom stereocenters. The number of rotatable bonds is 7. The predicted molar refractivity (Wildman–Crippen MR) is 87.7 cm³/mol. The van der Waals surface area contributed by atoms with Gasteiger partial charge in [0.15, 0.2) is 0 Å². The second-order valence-electron chi connectivity index (χ2n) is 5.68. The molecule has 0 unspecified atom stereocenters. The molecular formula is C15H23BrN2OS. The Morgan fingerprint density at radius 1 is 1.35 bits per heavy atom. The smallest absolute Gasteiger partial charge is 0.231 e. The third kappa shape index (κ3) is 5.54. The lowest BCUT2D eigenvalue weighted by Crippen LogP contribution is -2.34. The predicted octanol–water partition coefficient (Wildman–Crippen LogP) is 3.77. The average molecular weight is 359 g/mol. The summed E-state index contributed by atoms with van der Waals surface area (Å²) in [4.78, 5) is 14.7. The summed E-state index contributed by atoms with van der Waals surface area (Å²) >= 11 is 5.21. The lowest BCUT2D eigenvalue weighted by Gasteiger charge is -2.26. The molecule has 1 fully saturated rings. The second-order valence-corrected chi connectivity index (χ2v) is 8.22. The Kier molecular flexibility index (Phi) is 6.52. The molecule has 1 aliphatic rings. The zero-order valence-corrected chi connectivity index (χ0v) is 14.2. The molecule has 0 aromatic carbocycles. The summed E-state index contributed by atoms with van der Waals surface area (Å²) in [6.45, 7) is 2.16. The number of carbonyl (C=O) groups is 1. The highest BCUT2D eigenvalue weighted by Gasteiger charge is 2.16. The van der Waals surface area contributed by atoms with Gasteiger partial charge in [-0.05, 0) is 46.9 Å². The highest BCUT2D eigenvalue weighted by molar-refractivity contribution is 9.11. The molecule has 112 valence electrons. The third-order valence-electron chi connectivity index (χ3n) is 3.97. The first-order valence-corrected chi connectivity index (χ1v) is 8.99. The van der Waals surface area contributed by atoms with Crippen molar-refractivity contribution in [3.8, 4) is 0 Å². The van der Waals surface area contributed by atoms with Crippen LogP contribution >= 0.6 is 27.3 Å². The number of halogens is 1. The van der Waals surface area contributed by atoms with Crippen molar-refractivity contribution in [1.29, 1.82) is 0 Å². The van der Waals surface area contributed by atoms with Crippen LogP contribution in [0.15, 0.2) is 15.9 Å². The van der Waals surface area contributed by atoms with Crippen molar-refractivity contribution in [2.24, 2.45) is 11.7 Å². The fourth-order valence-electron chi connectivity index (χ4n) is 2.93. The highest BCUT2D eigenvalue weighted by atomic mass is 79.9. The Morgan fingerprint density at radius 3 is 2.70 bits per heavy atom.